The Morgan fingerprint density at radius 2 is 1.05 bits per heavy atom. The van der Waals surface area contributed by atoms with Gasteiger partial charge in [0.2, 0.25) is 0 Å². The molecule has 0 bridgehead atoms. The van der Waals surface area contributed by atoms with Crippen molar-refractivity contribution in [3.05, 3.63) is 0 Å². The lowest BCUT2D eigenvalue weighted by atomic mass is 9.62. The molecule has 1 aliphatic carbocycles. The van der Waals surface area contributed by atoms with Gasteiger partial charge in [-0.1, -0.05) is 20.8 Å². The van der Waals surface area contributed by atoms with Crippen LogP contribution in [0.3, 0.4) is 0 Å². The van der Waals surface area contributed by atoms with E-state index in [4.69, 9.17) is 10.2 Å². The molecule has 61 heavy (non-hydrogen) atoms. The fourth-order valence-electron chi connectivity index (χ4n) is 6.58. The van der Waals surface area contributed by atoms with Gasteiger partial charge in [0.05, 0.1) is 26.2 Å². The number of alkyl carbamates (subject to hydrolysis) is 1. The molecule has 2 atom stereocenters. The highest BCUT2D eigenvalue weighted by Crippen LogP contribution is 2.66. The molecule has 9 nitrogen and oxygen atoms in total. The molecule has 0 aromatic rings. The second-order valence-electron chi connectivity index (χ2n) is 15.3. The van der Waals surface area contributed by atoms with Crippen molar-refractivity contribution in [2.75, 3.05) is 52.5 Å². The lowest BCUT2D eigenvalue weighted by molar-refractivity contribution is -0.474. The molecule has 0 radical (unpaired) electrons. The van der Waals surface area contributed by atoms with Crippen LogP contribution >= 0.6 is 0 Å². The van der Waals surface area contributed by atoms with Crippen LogP contribution in [0.5, 0.6) is 0 Å². The summed E-state index contributed by atoms with van der Waals surface area (Å²) < 4.78 is 290. The van der Waals surface area contributed by atoms with Gasteiger partial charge in [-0.25, -0.2) is 9.59 Å². The third-order valence-corrected chi connectivity index (χ3v) is 9.44. The smallest absolute Gasteiger partial charge is 0.449 e. The van der Waals surface area contributed by atoms with Crippen molar-refractivity contribution in [2.24, 2.45) is 10.8 Å². The molecule has 1 fully saturated rings. The molecule has 1 aliphatic rings. The Kier molecular flexibility index (Phi) is 17.0. The number of amides is 3. The Morgan fingerprint density at radius 1 is 0.623 bits per heavy atom. The molecule has 362 valence electrons. The van der Waals surface area contributed by atoms with E-state index < -0.39 is 102 Å². The molecule has 1 saturated carbocycles. The fraction of sp³-hybridized carbons (Fsp3) is 0.935. The molecule has 1 rings (SSSR count). The normalized spacial score (nSPS) is 20.4. The van der Waals surface area contributed by atoms with Crippen LogP contribution in [-0.4, -0.2) is 145 Å². The van der Waals surface area contributed by atoms with Crippen molar-refractivity contribution < 1.29 is 117 Å². The SMILES string of the molecule is CC1(C)CC(NC(=O)OCCC(F)(F)C(F)(F)C(F)(F)C(F)(F)C(F)(F)C(F)(F)C(F)(F)C(F)(F)C(F)(F)C(F)(F)F)CC(C)(CNC(=O)NCCCN(CCO)CCO)C1. The molecule has 5 N–H and O–H groups in total. The number of alkyl halides is 21. The molecule has 0 spiro atoms. The first kappa shape index (κ1) is 56.0. The highest BCUT2D eigenvalue weighted by Gasteiger charge is 2.97. The summed E-state index contributed by atoms with van der Waals surface area (Å²) in [5, 5.41) is 25.3. The number of rotatable bonds is 22. The minimum Gasteiger partial charge on any atom is -0.449 e. The van der Waals surface area contributed by atoms with Crippen molar-refractivity contribution in [1.29, 1.82) is 0 Å². The third-order valence-electron chi connectivity index (χ3n) is 9.44. The predicted molar refractivity (Wildman–Crippen MR) is 166 cm³/mol. The predicted octanol–water partition coefficient (Wildman–Crippen LogP) is 7.94. The summed E-state index contributed by atoms with van der Waals surface area (Å²) in [6.45, 7) is 3.41. The summed E-state index contributed by atoms with van der Waals surface area (Å²) >= 11 is 0. The summed E-state index contributed by atoms with van der Waals surface area (Å²) in [7, 11) is 0. The number of nitrogens with one attached hydrogen (secondary N) is 3. The van der Waals surface area contributed by atoms with Crippen LogP contribution in [-0.2, 0) is 4.74 Å². The monoisotopic (exact) mass is 948 g/mol. The second-order valence-corrected chi connectivity index (χ2v) is 15.3. The summed E-state index contributed by atoms with van der Waals surface area (Å²) in [6.07, 6.45) is -12.1. The number of carbonyl (C=O) groups excluding carboxylic acids is 2. The van der Waals surface area contributed by atoms with Gasteiger partial charge in [-0.15, -0.1) is 0 Å². The van der Waals surface area contributed by atoms with Crippen molar-refractivity contribution in [1.82, 2.24) is 20.9 Å². The van der Waals surface area contributed by atoms with Gasteiger partial charge in [-0.05, 0) is 43.1 Å². The topological polar surface area (TPSA) is 123 Å². The Hall–Kier alpha value is -3.05. The highest BCUT2D eigenvalue weighted by molar-refractivity contribution is 5.73. The number of carbonyl (C=O) groups is 2. The van der Waals surface area contributed by atoms with Crippen LogP contribution in [0.4, 0.5) is 102 Å². The fourth-order valence-corrected chi connectivity index (χ4v) is 6.58. The number of aliphatic hydroxyl groups excluding tert-OH is 2. The molecule has 0 heterocycles. The van der Waals surface area contributed by atoms with Gasteiger partial charge in [0.25, 0.3) is 0 Å². The number of hydrogen-bond donors (Lipinski definition) is 5. The number of ether oxygens (including phenoxy) is 1. The summed E-state index contributed by atoms with van der Waals surface area (Å²) in [6, 6.07) is -1.64. The van der Waals surface area contributed by atoms with E-state index >= 15 is 0 Å². The van der Waals surface area contributed by atoms with Crippen molar-refractivity contribution in [2.45, 2.75) is 118 Å². The minimum atomic E-state index is -9.27. The van der Waals surface area contributed by atoms with Gasteiger partial charge in [-0.2, -0.15) is 92.2 Å². The average molecular weight is 949 g/mol. The van der Waals surface area contributed by atoms with E-state index in [9.17, 15) is 102 Å². The molecule has 3 amide bonds. The molecule has 0 aromatic heterocycles. The van der Waals surface area contributed by atoms with Gasteiger partial charge >= 0.3 is 71.6 Å². The third kappa shape index (κ3) is 11.2. The lowest BCUT2D eigenvalue weighted by Crippen LogP contribution is -2.76. The average Bonchev–Trinajstić information content (AvgIpc) is 3.07. The van der Waals surface area contributed by atoms with E-state index in [2.05, 4.69) is 20.7 Å². The van der Waals surface area contributed by atoms with E-state index in [0.717, 1.165) is 0 Å². The number of hydrogen-bond acceptors (Lipinski definition) is 6. The maximum Gasteiger partial charge on any atom is 0.460 e. The van der Waals surface area contributed by atoms with Crippen LogP contribution < -0.4 is 16.0 Å². The van der Waals surface area contributed by atoms with Gasteiger partial charge < -0.3 is 30.9 Å². The summed E-state index contributed by atoms with van der Waals surface area (Å²) in [5.41, 5.74) is -1.55. The molecule has 2 unspecified atom stereocenters. The lowest BCUT2D eigenvalue weighted by Gasteiger charge is -2.46. The molecule has 0 aromatic carbocycles. The van der Waals surface area contributed by atoms with Crippen molar-refractivity contribution >= 4 is 12.1 Å². The molecular weight excluding hydrogens is 907 g/mol. The van der Waals surface area contributed by atoms with Gasteiger partial charge in [0, 0.05) is 32.2 Å². The van der Waals surface area contributed by atoms with Gasteiger partial charge in [0.15, 0.2) is 0 Å². The zero-order chi connectivity index (χ0) is 48.3. The highest BCUT2D eigenvalue weighted by atomic mass is 19.4. The summed E-state index contributed by atoms with van der Waals surface area (Å²) in [5.74, 6) is -78.0. The number of urea groups is 1. The first-order valence-electron chi connectivity index (χ1n) is 17.4. The van der Waals surface area contributed by atoms with Crippen LogP contribution in [0, 0.1) is 10.8 Å². The first-order chi connectivity index (χ1) is 27.0. The van der Waals surface area contributed by atoms with E-state index in [-0.39, 0.29) is 52.2 Å². The Balaban J connectivity index is 3.07. The zero-order valence-corrected chi connectivity index (χ0v) is 31.8. The quantitative estimate of drug-likeness (QED) is 0.0556. The second kappa shape index (κ2) is 18.6. The van der Waals surface area contributed by atoms with Crippen LogP contribution in [0.1, 0.15) is 52.9 Å². The maximum absolute atomic E-state index is 14.3. The van der Waals surface area contributed by atoms with E-state index in [1.807, 2.05) is 0 Å². The molecule has 30 heteroatoms. The Bertz CT molecular complexity index is 1480. The van der Waals surface area contributed by atoms with Crippen LogP contribution in [0.15, 0.2) is 0 Å². The number of nitrogens with zero attached hydrogens (tertiary/aromatic N) is 1. The zero-order valence-electron chi connectivity index (χ0n) is 31.8. The summed E-state index contributed by atoms with van der Waals surface area (Å²) in [4.78, 5) is 26.4. The molecular formula is C31H41F21N4O5. The maximum atomic E-state index is 14.3. The minimum absolute atomic E-state index is 0.0315. The first-order valence-corrected chi connectivity index (χ1v) is 17.4. The Morgan fingerprint density at radius 3 is 1.48 bits per heavy atom. The van der Waals surface area contributed by atoms with Crippen molar-refractivity contribution in [3.63, 3.8) is 0 Å². The van der Waals surface area contributed by atoms with Crippen molar-refractivity contribution in [3.8, 4) is 0 Å². The number of aliphatic hydroxyl groups is 2. The van der Waals surface area contributed by atoms with Gasteiger partial charge in [0.1, 0.15) is 0 Å². The molecule has 0 aliphatic heterocycles. The van der Waals surface area contributed by atoms with E-state index in [1.165, 1.54) is 0 Å². The van der Waals surface area contributed by atoms with E-state index in [0.29, 0.717) is 19.4 Å². The van der Waals surface area contributed by atoms with Crippen LogP contribution in [0.25, 0.3) is 0 Å². The van der Waals surface area contributed by atoms with Crippen LogP contribution in [0.2, 0.25) is 0 Å². The largest absolute Gasteiger partial charge is 0.460 e. The standard InChI is InChI=1S/C31H41F21N4O5/c1-20(2)13-17(14-21(3,15-20)16-54-18(59)53-6-4-7-56(8-10-57)9-11-58)55-19(60)61-12-5-22(32,33)23(34,35)24(36,37)25(38,39)26(40,41)27(42,43)28(44,45)29(46,47)30(48,49)31(50,51)52/h17,57-58H,4-16H2,1-3H3,(H,55,60)(H2,53,54,59). The van der Waals surface area contributed by atoms with E-state index in [1.54, 1.807) is 25.7 Å². The number of halogens is 21. The Labute approximate surface area is 332 Å². The molecule has 0 saturated heterocycles. The van der Waals surface area contributed by atoms with Gasteiger partial charge in [-0.3, -0.25) is 4.90 Å².